The average molecular weight is 332 g/mol. The number of ether oxygens (including phenoxy) is 1. The Kier molecular flexibility index (Phi) is 4.83. The van der Waals surface area contributed by atoms with Crippen molar-refractivity contribution in [3.05, 3.63) is 35.4 Å². The summed E-state index contributed by atoms with van der Waals surface area (Å²) in [7, 11) is 0. The molecule has 1 aromatic carbocycles. The van der Waals surface area contributed by atoms with Gasteiger partial charge < -0.3 is 20.1 Å². The van der Waals surface area contributed by atoms with Crippen molar-refractivity contribution in [3.63, 3.8) is 0 Å². The number of fused-ring (bicyclic) bond motifs is 1. The normalized spacial score (nSPS) is 24.8. The topological polar surface area (TPSA) is 61.8 Å². The third-order valence-corrected chi connectivity index (χ3v) is 4.77. The van der Waals surface area contributed by atoms with E-state index < -0.39 is 5.60 Å². The molecule has 132 valence electrons. The number of aliphatic hydroxyl groups excluding tert-OH is 1. The quantitative estimate of drug-likeness (QED) is 0.874. The lowest BCUT2D eigenvalue weighted by molar-refractivity contribution is 0.0188. The zero-order valence-corrected chi connectivity index (χ0v) is 14.8. The molecule has 1 amide bonds. The average Bonchev–Trinajstić information content (AvgIpc) is 2.82. The Morgan fingerprint density at radius 3 is 2.58 bits per heavy atom. The molecule has 0 radical (unpaired) electrons. The number of hydrogen-bond donors (Lipinski definition) is 2. The van der Waals surface area contributed by atoms with Crippen molar-refractivity contribution in [3.8, 4) is 0 Å². The highest BCUT2D eigenvalue weighted by Crippen LogP contribution is 2.32. The lowest BCUT2D eigenvalue weighted by atomic mass is 10.0. The number of amides is 1. The van der Waals surface area contributed by atoms with Crippen molar-refractivity contribution in [2.75, 3.05) is 13.1 Å². The smallest absolute Gasteiger partial charge is 0.410 e. The minimum Gasteiger partial charge on any atom is -0.444 e. The zero-order valence-electron chi connectivity index (χ0n) is 14.8. The van der Waals surface area contributed by atoms with Crippen LogP contribution in [0.5, 0.6) is 0 Å². The largest absolute Gasteiger partial charge is 0.444 e. The summed E-state index contributed by atoms with van der Waals surface area (Å²) in [5, 5.41) is 14.0. The van der Waals surface area contributed by atoms with E-state index in [0.717, 1.165) is 12.8 Å². The Balaban J connectivity index is 1.54. The molecule has 24 heavy (non-hydrogen) atoms. The predicted molar refractivity (Wildman–Crippen MR) is 92.9 cm³/mol. The van der Waals surface area contributed by atoms with Crippen LogP contribution >= 0.6 is 0 Å². The first-order chi connectivity index (χ1) is 11.3. The van der Waals surface area contributed by atoms with Gasteiger partial charge in [-0.3, -0.25) is 0 Å². The monoisotopic (exact) mass is 332 g/mol. The first kappa shape index (κ1) is 17.2. The van der Waals surface area contributed by atoms with Gasteiger partial charge in [0.15, 0.2) is 0 Å². The van der Waals surface area contributed by atoms with E-state index in [1.54, 1.807) is 4.90 Å². The SMILES string of the molecule is CC(C)(C)OC(=O)N1CCC(N[C@@H]2c3ccccc3C[C@@H]2O)CC1. The number of likely N-dealkylation sites (tertiary alicyclic amines) is 1. The van der Waals surface area contributed by atoms with E-state index in [0.29, 0.717) is 25.6 Å². The molecule has 0 unspecified atom stereocenters. The van der Waals surface area contributed by atoms with Crippen molar-refractivity contribution >= 4 is 6.09 Å². The molecule has 1 aromatic rings. The number of carbonyl (C=O) groups excluding carboxylic acids is 1. The highest BCUT2D eigenvalue weighted by atomic mass is 16.6. The maximum atomic E-state index is 12.1. The summed E-state index contributed by atoms with van der Waals surface area (Å²) in [4.78, 5) is 13.9. The minimum atomic E-state index is -0.455. The van der Waals surface area contributed by atoms with Gasteiger partial charge in [0.2, 0.25) is 0 Å². The highest BCUT2D eigenvalue weighted by molar-refractivity contribution is 5.68. The van der Waals surface area contributed by atoms with E-state index in [-0.39, 0.29) is 18.2 Å². The van der Waals surface area contributed by atoms with Crippen molar-refractivity contribution in [1.29, 1.82) is 0 Å². The second kappa shape index (κ2) is 6.73. The summed E-state index contributed by atoms with van der Waals surface area (Å²) in [6.45, 7) is 7.04. The molecule has 0 bridgehead atoms. The van der Waals surface area contributed by atoms with Crippen LogP contribution in [-0.2, 0) is 11.2 Å². The highest BCUT2D eigenvalue weighted by Gasteiger charge is 2.34. The molecule has 2 atom stereocenters. The van der Waals surface area contributed by atoms with Gasteiger partial charge >= 0.3 is 6.09 Å². The molecule has 1 aliphatic heterocycles. The van der Waals surface area contributed by atoms with Crippen LogP contribution in [0.2, 0.25) is 0 Å². The molecule has 0 spiro atoms. The van der Waals surface area contributed by atoms with E-state index in [1.165, 1.54) is 11.1 Å². The summed E-state index contributed by atoms with van der Waals surface area (Å²) < 4.78 is 5.44. The van der Waals surface area contributed by atoms with Crippen LogP contribution in [0.1, 0.15) is 50.8 Å². The van der Waals surface area contributed by atoms with Crippen LogP contribution in [0, 0.1) is 0 Å². The van der Waals surface area contributed by atoms with E-state index in [1.807, 2.05) is 32.9 Å². The Morgan fingerprint density at radius 2 is 1.92 bits per heavy atom. The minimum absolute atomic E-state index is 0.000670. The van der Waals surface area contributed by atoms with Gasteiger partial charge in [-0.2, -0.15) is 0 Å². The number of nitrogens with one attached hydrogen (secondary N) is 1. The van der Waals surface area contributed by atoms with Gasteiger partial charge in [-0.1, -0.05) is 24.3 Å². The van der Waals surface area contributed by atoms with Gasteiger partial charge in [0, 0.05) is 25.6 Å². The van der Waals surface area contributed by atoms with Gasteiger partial charge in [0.05, 0.1) is 12.1 Å². The maximum Gasteiger partial charge on any atom is 0.410 e. The molecule has 5 nitrogen and oxygen atoms in total. The van der Waals surface area contributed by atoms with E-state index in [2.05, 4.69) is 17.4 Å². The number of rotatable bonds is 2. The number of piperidine rings is 1. The van der Waals surface area contributed by atoms with Gasteiger partial charge in [-0.05, 0) is 44.7 Å². The summed E-state index contributed by atoms with van der Waals surface area (Å²) in [5.74, 6) is 0. The molecule has 1 saturated heterocycles. The first-order valence-electron chi connectivity index (χ1n) is 8.83. The molecule has 1 aliphatic carbocycles. The fraction of sp³-hybridized carbons (Fsp3) is 0.632. The standard InChI is InChI=1S/C19H28N2O3/c1-19(2,3)24-18(23)21-10-8-14(9-11-21)20-17-15-7-5-4-6-13(15)12-16(17)22/h4-7,14,16-17,20,22H,8-12H2,1-3H3/t16-,17+/m0/s1. The Hall–Kier alpha value is -1.59. The second-order valence-corrected chi connectivity index (χ2v) is 7.86. The Morgan fingerprint density at radius 1 is 1.25 bits per heavy atom. The molecule has 2 N–H and O–H groups in total. The molecule has 5 heteroatoms. The molecule has 0 aromatic heterocycles. The second-order valence-electron chi connectivity index (χ2n) is 7.86. The van der Waals surface area contributed by atoms with E-state index in [4.69, 9.17) is 4.74 Å². The number of carbonyl (C=O) groups is 1. The lowest BCUT2D eigenvalue weighted by Crippen LogP contribution is -2.48. The molecule has 1 heterocycles. The molecule has 0 saturated carbocycles. The van der Waals surface area contributed by atoms with Gasteiger partial charge in [-0.25, -0.2) is 4.79 Å². The molecular weight excluding hydrogens is 304 g/mol. The molecular formula is C19H28N2O3. The van der Waals surface area contributed by atoms with Gasteiger partial charge in [-0.15, -0.1) is 0 Å². The predicted octanol–water partition coefficient (Wildman–Crippen LogP) is 2.63. The van der Waals surface area contributed by atoms with Crippen LogP contribution in [0.3, 0.4) is 0 Å². The Labute approximate surface area is 144 Å². The van der Waals surface area contributed by atoms with Crippen LogP contribution < -0.4 is 5.32 Å². The van der Waals surface area contributed by atoms with Crippen molar-refractivity contribution in [1.82, 2.24) is 10.2 Å². The van der Waals surface area contributed by atoms with E-state index in [9.17, 15) is 9.90 Å². The van der Waals surface area contributed by atoms with Crippen molar-refractivity contribution in [2.45, 2.75) is 63.8 Å². The molecule has 1 fully saturated rings. The summed E-state index contributed by atoms with van der Waals surface area (Å²) in [5.41, 5.74) is 1.98. The number of nitrogens with zero attached hydrogens (tertiary/aromatic N) is 1. The first-order valence-corrected chi connectivity index (χ1v) is 8.83. The summed E-state index contributed by atoms with van der Waals surface area (Å²) in [6.07, 6.45) is 1.87. The molecule has 2 aliphatic rings. The van der Waals surface area contributed by atoms with E-state index >= 15 is 0 Å². The van der Waals surface area contributed by atoms with Gasteiger partial charge in [0.25, 0.3) is 0 Å². The maximum absolute atomic E-state index is 12.1. The van der Waals surface area contributed by atoms with Crippen LogP contribution in [0.25, 0.3) is 0 Å². The fourth-order valence-corrected chi connectivity index (χ4v) is 3.58. The number of aliphatic hydroxyl groups is 1. The number of benzene rings is 1. The molecule has 3 rings (SSSR count). The van der Waals surface area contributed by atoms with Gasteiger partial charge in [0.1, 0.15) is 5.60 Å². The summed E-state index contributed by atoms with van der Waals surface area (Å²) in [6, 6.07) is 8.54. The van der Waals surface area contributed by atoms with Crippen LogP contribution in [0.15, 0.2) is 24.3 Å². The van der Waals surface area contributed by atoms with Crippen LogP contribution in [0.4, 0.5) is 4.79 Å². The van der Waals surface area contributed by atoms with Crippen molar-refractivity contribution in [2.24, 2.45) is 0 Å². The zero-order chi connectivity index (χ0) is 17.3. The van der Waals surface area contributed by atoms with Crippen molar-refractivity contribution < 1.29 is 14.6 Å². The third-order valence-electron chi connectivity index (χ3n) is 4.77. The Bertz CT molecular complexity index is 589. The fourth-order valence-electron chi connectivity index (χ4n) is 3.58. The summed E-state index contributed by atoms with van der Waals surface area (Å²) >= 11 is 0. The number of hydrogen-bond acceptors (Lipinski definition) is 4. The van der Waals surface area contributed by atoms with Crippen LogP contribution in [-0.4, -0.2) is 46.9 Å². The third kappa shape index (κ3) is 3.90. The lowest BCUT2D eigenvalue weighted by Gasteiger charge is -2.35.